The van der Waals surface area contributed by atoms with Gasteiger partial charge in [0.2, 0.25) is 0 Å². The number of aryl methyl sites for hydroxylation is 2. The Balaban J connectivity index is 2.35. The molecule has 108 valence electrons. The SMILES string of the molecule is Cc1cc(F)ccc1-c1cc(C(O)CC(C)C)c(C)o1. The van der Waals surface area contributed by atoms with E-state index in [1.807, 2.05) is 19.9 Å². The summed E-state index contributed by atoms with van der Waals surface area (Å²) in [6, 6.07) is 6.48. The van der Waals surface area contributed by atoms with E-state index in [-0.39, 0.29) is 5.82 Å². The van der Waals surface area contributed by atoms with Crippen LogP contribution in [0.2, 0.25) is 0 Å². The van der Waals surface area contributed by atoms with Crippen LogP contribution in [0.3, 0.4) is 0 Å². The van der Waals surface area contributed by atoms with Gasteiger partial charge in [-0.3, -0.25) is 0 Å². The fraction of sp³-hybridized carbons (Fsp3) is 0.412. The first-order valence-corrected chi connectivity index (χ1v) is 6.93. The number of aliphatic hydroxyl groups is 1. The van der Waals surface area contributed by atoms with Gasteiger partial charge in [-0.15, -0.1) is 0 Å². The zero-order valence-electron chi connectivity index (χ0n) is 12.4. The molecule has 0 saturated heterocycles. The summed E-state index contributed by atoms with van der Waals surface area (Å²) in [7, 11) is 0. The average Bonchev–Trinajstić information content (AvgIpc) is 2.70. The molecule has 0 bridgehead atoms. The second-order valence-corrected chi connectivity index (χ2v) is 5.73. The van der Waals surface area contributed by atoms with Gasteiger partial charge in [0.15, 0.2) is 0 Å². The molecule has 0 saturated carbocycles. The molecule has 2 nitrogen and oxygen atoms in total. The van der Waals surface area contributed by atoms with E-state index in [4.69, 9.17) is 4.42 Å². The molecule has 0 amide bonds. The minimum Gasteiger partial charge on any atom is -0.461 e. The molecule has 0 spiro atoms. The zero-order chi connectivity index (χ0) is 14.9. The lowest BCUT2D eigenvalue weighted by Crippen LogP contribution is -2.01. The van der Waals surface area contributed by atoms with Crippen molar-refractivity contribution in [2.75, 3.05) is 0 Å². The van der Waals surface area contributed by atoms with Gasteiger partial charge in [0.25, 0.3) is 0 Å². The summed E-state index contributed by atoms with van der Waals surface area (Å²) in [6.45, 7) is 7.84. The third kappa shape index (κ3) is 3.10. The fourth-order valence-electron chi connectivity index (χ4n) is 2.44. The summed E-state index contributed by atoms with van der Waals surface area (Å²) in [5.74, 6) is 1.56. The average molecular weight is 276 g/mol. The quantitative estimate of drug-likeness (QED) is 0.871. The van der Waals surface area contributed by atoms with Gasteiger partial charge in [-0.2, -0.15) is 0 Å². The van der Waals surface area contributed by atoms with Crippen LogP contribution in [-0.4, -0.2) is 5.11 Å². The van der Waals surface area contributed by atoms with Crippen LogP contribution in [0.25, 0.3) is 11.3 Å². The zero-order valence-corrected chi connectivity index (χ0v) is 12.4. The topological polar surface area (TPSA) is 33.4 Å². The van der Waals surface area contributed by atoms with E-state index >= 15 is 0 Å². The van der Waals surface area contributed by atoms with Crippen molar-refractivity contribution in [1.29, 1.82) is 0 Å². The molecular weight excluding hydrogens is 255 g/mol. The summed E-state index contributed by atoms with van der Waals surface area (Å²) < 4.78 is 18.9. The fourth-order valence-corrected chi connectivity index (χ4v) is 2.44. The number of hydrogen-bond acceptors (Lipinski definition) is 2. The molecule has 1 N–H and O–H groups in total. The molecule has 0 aliphatic carbocycles. The maximum atomic E-state index is 13.1. The number of benzene rings is 1. The Bertz CT molecular complexity index is 599. The van der Waals surface area contributed by atoms with Gasteiger partial charge >= 0.3 is 0 Å². The third-order valence-electron chi connectivity index (χ3n) is 3.46. The second-order valence-electron chi connectivity index (χ2n) is 5.73. The van der Waals surface area contributed by atoms with E-state index in [0.717, 1.165) is 22.5 Å². The summed E-state index contributed by atoms with van der Waals surface area (Å²) >= 11 is 0. The molecule has 0 aliphatic rings. The van der Waals surface area contributed by atoms with Crippen LogP contribution in [0.5, 0.6) is 0 Å². The Labute approximate surface area is 119 Å². The maximum Gasteiger partial charge on any atom is 0.134 e. The van der Waals surface area contributed by atoms with Crippen LogP contribution in [0, 0.1) is 25.6 Å². The van der Waals surface area contributed by atoms with Crippen molar-refractivity contribution in [2.45, 2.75) is 40.2 Å². The van der Waals surface area contributed by atoms with Crippen molar-refractivity contribution in [2.24, 2.45) is 5.92 Å². The first-order valence-electron chi connectivity index (χ1n) is 6.93. The van der Waals surface area contributed by atoms with Gasteiger partial charge in [0, 0.05) is 11.1 Å². The smallest absolute Gasteiger partial charge is 0.134 e. The van der Waals surface area contributed by atoms with Crippen LogP contribution >= 0.6 is 0 Å². The van der Waals surface area contributed by atoms with Crippen molar-refractivity contribution in [1.82, 2.24) is 0 Å². The van der Waals surface area contributed by atoms with Crippen molar-refractivity contribution < 1.29 is 13.9 Å². The van der Waals surface area contributed by atoms with Crippen molar-refractivity contribution in [3.63, 3.8) is 0 Å². The van der Waals surface area contributed by atoms with Crippen LogP contribution in [-0.2, 0) is 0 Å². The Morgan fingerprint density at radius 3 is 2.50 bits per heavy atom. The van der Waals surface area contributed by atoms with Crippen molar-refractivity contribution >= 4 is 0 Å². The van der Waals surface area contributed by atoms with Crippen molar-refractivity contribution in [3.05, 3.63) is 47.0 Å². The van der Waals surface area contributed by atoms with Gasteiger partial charge in [-0.1, -0.05) is 13.8 Å². The standard InChI is InChI=1S/C17H21FO2/c1-10(2)7-16(19)15-9-17(20-12(15)4)14-6-5-13(18)8-11(14)3/h5-6,8-10,16,19H,7H2,1-4H3. The van der Waals surface area contributed by atoms with Gasteiger partial charge in [0.05, 0.1) is 6.10 Å². The molecule has 1 unspecified atom stereocenters. The molecular formula is C17H21FO2. The second kappa shape index (κ2) is 5.80. The van der Waals surface area contributed by atoms with E-state index in [1.165, 1.54) is 12.1 Å². The van der Waals surface area contributed by atoms with Gasteiger partial charge in [0.1, 0.15) is 17.3 Å². The van der Waals surface area contributed by atoms with Crippen LogP contribution in [0.15, 0.2) is 28.7 Å². The highest BCUT2D eigenvalue weighted by Crippen LogP contribution is 2.33. The monoisotopic (exact) mass is 276 g/mol. The lowest BCUT2D eigenvalue weighted by Gasteiger charge is -2.11. The summed E-state index contributed by atoms with van der Waals surface area (Å²) in [5, 5.41) is 10.2. The Kier molecular flexibility index (Phi) is 4.29. The van der Waals surface area contributed by atoms with Gasteiger partial charge in [-0.25, -0.2) is 4.39 Å². The Hall–Kier alpha value is -1.61. The molecule has 20 heavy (non-hydrogen) atoms. The first-order chi connectivity index (χ1) is 9.38. The van der Waals surface area contributed by atoms with E-state index in [9.17, 15) is 9.50 Å². The first kappa shape index (κ1) is 14.8. The van der Waals surface area contributed by atoms with E-state index in [0.29, 0.717) is 18.1 Å². The van der Waals surface area contributed by atoms with E-state index in [1.54, 1.807) is 6.07 Å². The van der Waals surface area contributed by atoms with Crippen LogP contribution < -0.4 is 0 Å². The third-order valence-corrected chi connectivity index (χ3v) is 3.46. The maximum absolute atomic E-state index is 13.1. The molecule has 1 atom stereocenters. The summed E-state index contributed by atoms with van der Waals surface area (Å²) in [6.07, 6.45) is 0.177. The highest BCUT2D eigenvalue weighted by molar-refractivity contribution is 5.63. The number of rotatable bonds is 4. The lowest BCUT2D eigenvalue weighted by molar-refractivity contribution is 0.149. The normalized spacial score (nSPS) is 12.9. The van der Waals surface area contributed by atoms with Gasteiger partial charge in [-0.05, 0) is 56.0 Å². The molecule has 2 rings (SSSR count). The van der Waals surface area contributed by atoms with E-state index < -0.39 is 6.10 Å². The highest BCUT2D eigenvalue weighted by atomic mass is 19.1. The molecule has 1 aromatic carbocycles. The van der Waals surface area contributed by atoms with E-state index in [2.05, 4.69) is 13.8 Å². The molecule has 0 fully saturated rings. The predicted octanol–water partition coefficient (Wildman–Crippen LogP) is 4.78. The minimum atomic E-state index is -0.520. The molecule has 1 heterocycles. The number of furan rings is 1. The molecule has 3 heteroatoms. The van der Waals surface area contributed by atoms with Crippen LogP contribution in [0.4, 0.5) is 4.39 Å². The Morgan fingerprint density at radius 2 is 1.90 bits per heavy atom. The highest BCUT2D eigenvalue weighted by Gasteiger charge is 2.18. The number of aliphatic hydroxyl groups excluding tert-OH is 1. The van der Waals surface area contributed by atoms with Crippen LogP contribution in [0.1, 0.15) is 43.3 Å². The number of hydrogen-bond donors (Lipinski definition) is 1. The molecule has 2 aromatic rings. The summed E-state index contributed by atoms with van der Waals surface area (Å²) in [4.78, 5) is 0. The largest absolute Gasteiger partial charge is 0.461 e. The number of halogens is 1. The molecule has 0 radical (unpaired) electrons. The minimum absolute atomic E-state index is 0.255. The molecule has 1 aromatic heterocycles. The molecule has 0 aliphatic heterocycles. The van der Waals surface area contributed by atoms with Crippen molar-refractivity contribution in [3.8, 4) is 11.3 Å². The summed E-state index contributed by atoms with van der Waals surface area (Å²) in [5.41, 5.74) is 2.50. The Morgan fingerprint density at radius 1 is 1.20 bits per heavy atom. The lowest BCUT2D eigenvalue weighted by atomic mass is 9.99. The van der Waals surface area contributed by atoms with Gasteiger partial charge < -0.3 is 9.52 Å². The predicted molar refractivity (Wildman–Crippen MR) is 78.0 cm³/mol.